The first-order valence-electron chi connectivity index (χ1n) is 8.58. The number of benzene rings is 2. The van der Waals surface area contributed by atoms with Gasteiger partial charge in [0.2, 0.25) is 0 Å². The average Bonchev–Trinajstić information content (AvgIpc) is 3.10. The minimum atomic E-state index is 0.164. The molecule has 0 radical (unpaired) electrons. The first kappa shape index (κ1) is 16.3. The van der Waals surface area contributed by atoms with Crippen molar-refractivity contribution in [3.63, 3.8) is 0 Å². The predicted octanol–water partition coefficient (Wildman–Crippen LogP) is 5.49. The molecule has 0 amide bonds. The molecular weight excluding hydrogens is 334 g/mol. The van der Waals surface area contributed by atoms with Crippen molar-refractivity contribution in [2.45, 2.75) is 25.3 Å². The molecule has 1 heterocycles. The summed E-state index contributed by atoms with van der Waals surface area (Å²) in [4.78, 5) is 0. The number of methoxy groups -OCH3 is 2. The number of hydrogen-bond acceptors (Lipinski definition) is 3. The lowest BCUT2D eigenvalue weighted by Gasteiger charge is -2.39. The summed E-state index contributed by atoms with van der Waals surface area (Å²) >= 11 is 6.32. The standard InChI is InChI=1S/C21H22ClNO2/c1-12-10-13(22)11-17-14-6-4-7-15(14)20(23-19(12)17)16-8-5-9-18(24-2)21(16)25-3/h4-6,8-11,14-15,20,23H,7H2,1-3H3/t14-,15+,20+/m0/s1. The van der Waals surface area contributed by atoms with E-state index in [4.69, 9.17) is 21.1 Å². The third kappa shape index (κ3) is 2.58. The van der Waals surface area contributed by atoms with Crippen LogP contribution < -0.4 is 14.8 Å². The molecule has 0 spiro atoms. The van der Waals surface area contributed by atoms with E-state index in [2.05, 4.69) is 36.5 Å². The van der Waals surface area contributed by atoms with E-state index in [0.717, 1.165) is 28.5 Å². The molecule has 4 heteroatoms. The summed E-state index contributed by atoms with van der Waals surface area (Å²) in [6.07, 6.45) is 5.63. The molecule has 25 heavy (non-hydrogen) atoms. The minimum absolute atomic E-state index is 0.164. The van der Waals surface area contributed by atoms with Gasteiger partial charge >= 0.3 is 0 Å². The van der Waals surface area contributed by atoms with Crippen LogP contribution in [0.25, 0.3) is 0 Å². The normalized spacial score (nSPS) is 23.6. The molecule has 0 unspecified atom stereocenters. The lowest BCUT2D eigenvalue weighted by atomic mass is 9.76. The van der Waals surface area contributed by atoms with E-state index in [0.29, 0.717) is 11.8 Å². The van der Waals surface area contributed by atoms with Crippen LogP contribution in [0.5, 0.6) is 11.5 Å². The largest absolute Gasteiger partial charge is 0.493 e. The molecule has 1 aliphatic heterocycles. The lowest BCUT2D eigenvalue weighted by molar-refractivity contribution is 0.341. The first-order chi connectivity index (χ1) is 12.1. The molecule has 0 aromatic heterocycles. The third-order valence-electron chi connectivity index (χ3n) is 5.40. The Balaban J connectivity index is 1.85. The summed E-state index contributed by atoms with van der Waals surface area (Å²) < 4.78 is 11.2. The molecule has 1 N–H and O–H groups in total. The average molecular weight is 356 g/mol. The summed E-state index contributed by atoms with van der Waals surface area (Å²) in [5.41, 5.74) is 4.79. The second-order valence-electron chi connectivity index (χ2n) is 6.75. The summed E-state index contributed by atoms with van der Waals surface area (Å²) in [5, 5.41) is 4.57. The third-order valence-corrected chi connectivity index (χ3v) is 5.62. The zero-order valence-electron chi connectivity index (χ0n) is 14.7. The van der Waals surface area contributed by atoms with Crippen molar-refractivity contribution in [3.8, 4) is 11.5 Å². The quantitative estimate of drug-likeness (QED) is 0.738. The van der Waals surface area contributed by atoms with E-state index in [1.807, 2.05) is 18.2 Å². The van der Waals surface area contributed by atoms with Crippen molar-refractivity contribution >= 4 is 17.3 Å². The van der Waals surface area contributed by atoms with Crippen LogP contribution in [-0.4, -0.2) is 14.2 Å². The van der Waals surface area contributed by atoms with Gasteiger partial charge in [-0.3, -0.25) is 0 Å². The molecule has 130 valence electrons. The highest BCUT2D eigenvalue weighted by atomic mass is 35.5. The van der Waals surface area contributed by atoms with Gasteiger partial charge in [0.25, 0.3) is 0 Å². The molecule has 2 aromatic rings. The fourth-order valence-electron chi connectivity index (χ4n) is 4.31. The first-order valence-corrected chi connectivity index (χ1v) is 8.96. The molecular formula is C21H22ClNO2. The maximum Gasteiger partial charge on any atom is 0.165 e. The Morgan fingerprint density at radius 2 is 1.96 bits per heavy atom. The molecule has 1 aliphatic carbocycles. The van der Waals surface area contributed by atoms with E-state index in [9.17, 15) is 0 Å². The molecule has 4 rings (SSSR count). The number of fused-ring (bicyclic) bond motifs is 3. The van der Waals surface area contributed by atoms with Crippen molar-refractivity contribution in [2.75, 3.05) is 19.5 Å². The Labute approximate surface area is 153 Å². The molecule has 2 aromatic carbocycles. The lowest BCUT2D eigenvalue weighted by Crippen LogP contribution is -2.30. The topological polar surface area (TPSA) is 30.5 Å². The SMILES string of the molecule is COc1cccc([C@@H]2Nc3c(C)cc(Cl)cc3[C@H]3C=CC[C@H]32)c1OC. The monoisotopic (exact) mass is 355 g/mol. The Morgan fingerprint density at radius 1 is 1.12 bits per heavy atom. The molecule has 0 saturated heterocycles. The van der Waals surface area contributed by atoms with Gasteiger partial charge in [-0.2, -0.15) is 0 Å². The summed E-state index contributed by atoms with van der Waals surface area (Å²) in [5.74, 6) is 2.38. The number of para-hydroxylation sites is 1. The summed E-state index contributed by atoms with van der Waals surface area (Å²) in [7, 11) is 3.38. The molecule has 3 nitrogen and oxygen atoms in total. The van der Waals surface area contributed by atoms with Gasteiger partial charge in [0.15, 0.2) is 11.5 Å². The Morgan fingerprint density at radius 3 is 2.72 bits per heavy atom. The van der Waals surface area contributed by atoms with E-state index in [1.165, 1.54) is 16.8 Å². The number of allylic oxidation sites excluding steroid dienone is 2. The number of nitrogens with one attached hydrogen (secondary N) is 1. The molecule has 0 fully saturated rings. The fourth-order valence-corrected chi connectivity index (χ4v) is 4.59. The number of hydrogen-bond donors (Lipinski definition) is 1. The Hall–Kier alpha value is -2.13. The Kier molecular flexibility index (Phi) is 4.12. The smallest absolute Gasteiger partial charge is 0.165 e. The van der Waals surface area contributed by atoms with E-state index in [1.54, 1.807) is 14.2 Å². The summed E-state index contributed by atoms with van der Waals surface area (Å²) in [6, 6.07) is 10.4. The predicted molar refractivity (Wildman–Crippen MR) is 102 cm³/mol. The van der Waals surface area contributed by atoms with Crippen molar-refractivity contribution in [1.29, 1.82) is 0 Å². The van der Waals surface area contributed by atoms with E-state index >= 15 is 0 Å². The number of rotatable bonds is 3. The van der Waals surface area contributed by atoms with Gasteiger partial charge in [-0.05, 0) is 48.6 Å². The molecule has 3 atom stereocenters. The highest BCUT2D eigenvalue weighted by Gasteiger charge is 2.40. The number of ether oxygens (including phenoxy) is 2. The van der Waals surface area contributed by atoms with E-state index < -0.39 is 0 Å². The molecule has 0 bridgehead atoms. The second-order valence-corrected chi connectivity index (χ2v) is 7.18. The highest BCUT2D eigenvalue weighted by molar-refractivity contribution is 6.30. The van der Waals surface area contributed by atoms with Crippen molar-refractivity contribution in [1.82, 2.24) is 0 Å². The van der Waals surface area contributed by atoms with Crippen LogP contribution in [0.4, 0.5) is 5.69 Å². The van der Waals surface area contributed by atoms with Crippen molar-refractivity contribution in [2.24, 2.45) is 5.92 Å². The minimum Gasteiger partial charge on any atom is -0.493 e. The van der Waals surface area contributed by atoms with Gasteiger partial charge in [-0.15, -0.1) is 0 Å². The van der Waals surface area contributed by atoms with Crippen LogP contribution in [0, 0.1) is 12.8 Å². The zero-order valence-corrected chi connectivity index (χ0v) is 15.4. The van der Waals surface area contributed by atoms with Gasteiger partial charge < -0.3 is 14.8 Å². The zero-order chi connectivity index (χ0) is 17.6. The van der Waals surface area contributed by atoms with Crippen LogP contribution in [0.1, 0.15) is 35.1 Å². The van der Waals surface area contributed by atoms with Crippen molar-refractivity contribution < 1.29 is 9.47 Å². The number of aryl methyl sites for hydroxylation is 1. The van der Waals surface area contributed by atoms with Gasteiger partial charge in [0.05, 0.1) is 20.3 Å². The van der Waals surface area contributed by atoms with Crippen molar-refractivity contribution in [3.05, 3.63) is 64.2 Å². The maximum atomic E-state index is 6.32. The van der Waals surface area contributed by atoms with Gasteiger partial charge in [-0.25, -0.2) is 0 Å². The Bertz CT molecular complexity index is 846. The number of halogens is 1. The van der Waals surface area contributed by atoms with Gasteiger partial charge in [-0.1, -0.05) is 35.9 Å². The van der Waals surface area contributed by atoms with Gasteiger partial charge in [0, 0.05) is 22.2 Å². The fraction of sp³-hybridized carbons (Fsp3) is 0.333. The molecule has 0 saturated carbocycles. The van der Waals surface area contributed by atoms with Gasteiger partial charge in [0.1, 0.15) is 0 Å². The maximum absolute atomic E-state index is 6.32. The molecule has 2 aliphatic rings. The van der Waals surface area contributed by atoms with Crippen LogP contribution in [0.2, 0.25) is 5.02 Å². The van der Waals surface area contributed by atoms with Crippen LogP contribution in [0.15, 0.2) is 42.5 Å². The summed E-state index contributed by atoms with van der Waals surface area (Å²) in [6.45, 7) is 2.11. The van der Waals surface area contributed by atoms with E-state index in [-0.39, 0.29) is 6.04 Å². The second kappa shape index (κ2) is 6.30. The number of anilines is 1. The van der Waals surface area contributed by atoms with Crippen LogP contribution >= 0.6 is 11.6 Å². The van der Waals surface area contributed by atoms with Crippen LogP contribution in [0.3, 0.4) is 0 Å². The highest BCUT2D eigenvalue weighted by Crippen LogP contribution is 2.53. The van der Waals surface area contributed by atoms with Crippen LogP contribution in [-0.2, 0) is 0 Å².